The van der Waals surface area contributed by atoms with Crippen LogP contribution in [0.3, 0.4) is 0 Å². The Morgan fingerprint density at radius 1 is 1.31 bits per heavy atom. The summed E-state index contributed by atoms with van der Waals surface area (Å²) in [5, 5.41) is 0. The van der Waals surface area contributed by atoms with Gasteiger partial charge in [0.1, 0.15) is 0 Å². The van der Waals surface area contributed by atoms with Crippen molar-refractivity contribution in [1.82, 2.24) is 0 Å². The van der Waals surface area contributed by atoms with Crippen molar-refractivity contribution in [1.29, 1.82) is 0 Å². The molecule has 0 aromatic heterocycles. The summed E-state index contributed by atoms with van der Waals surface area (Å²) in [7, 11) is 3.34. The van der Waals surface area contributed by atoms with Gasteiger partial charge in [0, 0.05) is 12.0 Å². The highest BCUT2D eigenvalue weighted by Gasteiger charge is 2.24. The van der Waals surface area contributed by atoms with Crippen LogP contribution in [0.1, 0.15) is 13.3 Å². The minimum Gasteiger partial charge on any atom is -0.501 e. The van der Waals surface area contributed by atoms with E-state index in [0.29, 0.717) is 6.54 Å². The van der Waals surface area contributed by atoms with Crippen LogP contribution in [-0.2, 0) is 9.47 Å². The largest absolute Gasteiger partial charge is 0.501 e. The van der Waals surface area contributed by atoms with Crippen molar-refractivity contribution in [3.05, 3.63) is 23.7 Å². The topological polar surface area (TPSA) is 44.5 Å². The first-order valence-corrected chi connectivity index (χ1v) is 4.35. The Labute approximate surface area is 79.2 Å². The van der Waals surface area contributed by atoms with Gasteiger partial charge in [0.25, 0.3) is 0 Å². The van der Waals surface area contributed by atoms with E-state index in [1.165, 1.54) is 0 Å². The summed E-state index contributed by atoms with van der Waals surface area (Å²) in [6.07, 6.45) is 4.83. The number of hydrogen-bond donors (Lipinski definition) is 1. The molecule has 0 saturated heterocycles. The van der Waals surface area contributed by atoms with Gasteiger partial charge in [0.05, 0.1) is 32.2 Å². The zero-order valence-corrected chi connectivity index (χ0v) is 8.46. The molecular weight excluding hydrogens is 166 g/mol. The van der Waals surface area contributed by atoms with E-state index in [1.807, 2.05) is 0 Å². The average Bonchev–Trinajstić information content (AvgIpc) is 2.17. The normalized spacial score (nSPS) is 20.3. The Morgan fingerprint density at radius 2 is 1.77 bits per heavy atom. The number of ether oxygens (including phenoxy) is 2. The van der Waals surface area contributed by atoms with E-state index in [2.05, 4.69) is 19.1 Å². The van der Waals surface area contributed by atoms with E-state index in [4.69, 9.17) is 15.2 Å². The predicted octanol–water partition coefficient (Wildman–Crippen LogP) is 1.42. The smallest absolute Gasteiger partial charge is 0.0999 e. The van der Waals surface area contributed by atoms with Crippen LogP contribution >= 0.6 is 0 Å². The van der Waals surface area contributed by atoms with E-state index in [0.717, 1.165) is 17.9 Å². The molecule has 0 aromatic rings. The molecule has 3 nitrogen and oxygen atoms in total. The third kappa shape index (κ3) is 2.25. The number of rotatable bonds is 3. The van der Waals surface area contributed by atoms with Crippen molar-refractivity contribution >= 4 is 0 Å². The second kappa shape index (κ2) is 3.83. The molecule has 0 heterocycles. The Hall–Kier alpha value is -0.960. The molecule has 1 rings (SSSR count). The van der Waals surface area contributed by atoms with Crippen LogP contribution in [0.2, 0.25) is 0 Å². The molecule has 2 N–H and O–H groups in total. The fourth-order valence-corrected chi connectivity index (χ4v) is 1.43. The summed E-state index contributed by atoms with van der Waals surface area (Å²) in [6, 6.07) is 0. The molecule has 0 bridgehead atoms. The Morgan fingerprint density at radius 3 is 2.08 bits per heavy atom. The van der Waals surface area contributed by atoms with E-state index in [1.54, 1.807) is 14.2 Å². The number of hydrogen-bond acceptors (Lipinski definition) is 3. The Kier molecular flexibility index (Phi) is 2.98. The van der Waals surface area contributed by atoms with Gasteiger partial charge in [0.2, 0.25) is 0 Å². The van der Waals surface area contributed by atoms with Gasteiger partial charge in [-0.2, -0.15) is 0 Å². The SMILES string of the molecule is COC1=CC(C)(CN)C=C(OC)C1. The summed E-state index contributed by atoms with van der Waals surface area (Å²) in [4.78, 5) is 0. The third-order valence-electron chi connectivity index (χ3n) is 2.29. The zero-order valence-electron chi connectivity index (χ0n) is 8.46. The quantitative estimate of drug-likeness (QED) is 0.719. The first-order valence-electron chi connectivity index (χ1n) is 4.35. The second-order valence-electron chi connectivity index (χ2n) is 3.52. The molecule has 3 heteroatoms. The Balaban J connectivity index is 2.88. The first kappa shape index (κ1) is 10.1. The molecule has 0 fully saturated rings. The summed E-state index contributed by atoms with van der Waals surface area (Å²) in [5.41, 5.74) is 5.54. The van der Waals surface area contributed by atoms with Crippen LogP contribution in [0.25, 0.3) is 0 Å². The lowest BCUT2D eigenvalue weighted by molar-refractivity contribution is 0.221. The van der Waals surface area contributed by atoms with Gasteiger partial charge in [-0.25, -0.2) is 0 Å². The number of nitrogens with two attached hydrogens (primary N) is 1. The summed E-state index contributed by atoms with van der Waals surface area (Å²) < 4.78 is 10.4. The van der Waals surface area contributed by atoms with Gasteiger partial charge in [-0.05, 0) is 12.2 Å². The molecule has 13 heavy (non-hydrogen) atoms. The highest BCUT2D eigenvalue weighted by atomic mass is 16.5. The molecule has 0 unspecified atom stereocenters. The van der Waals surface area contributed by atoms with Crippen LogP contribution in [0, 0.1) is 5.41 Å². The van der Waals surface area contributed by atoms with Crippen LogP contribution < -0.4 is 5.73 Å². The van der Waals surface area contributed by atoms with Gasteiger partial charge in [-0.15, -0.1) is 0 Å². The van der Waals surface area contributed by atoms with Crippen molar-refractivity contribution < 1.29 is 9.47 Å². The molecule has 0 aliphatic heterocycles. The molecule has 0 atom stereocenters. The molecular formula is C10H17NO2. The van der Waals surface area contributed by atoms with Crippen molar-refractivity contribution in [3.63, 3.8) is 0 Å². The van der Waals surface area contributed by atoms with Crippen molar-refractivity contribution in [3.8, 4) is 0 Å². The molecule has 0 saturated carbocycles. The molecule has 0 radical (unpaired) electrons. The molecule has 0 spiro atoms. The third-order valence-corrected chi connectivity index (χ3v) is 2.29. The van der Waals surface area contributed by atoms with Gasteiger partial charge < -0.3 is 15.2 Å². The minimum atomic E-state index is -0.130. The summed E-state index contributed by atoms with van der Waals surface area (Å²) >= 11 is 0. The average molecular weight is 183 g/mol. The van der Waals surface area contributed by atoms with Gasteiger partial charge >= 0.3 is 0 Å². The minimum absolute atomic E-state index is 0.130. The molecule has 1 aliphatic carbocycles. The molecule has 74 valence electrons. The highest BCUT2D eigenvalue weighted by molar-refractivity contribution is 5.24. The maximum absolute atomic E-state index is 5.67. The summed E-state index contributed by atoms with van der Waals surface area (Å²) in [6.45, 7) is 2.62. The monoisotopic (exact) mass is 183 g/mol. The van der Waals surface area contributed by atoms with Crippen LogP contribution in [-0.4, -0.2) is 20.8 Å². The van der Waals surface area contributed by atoms with Crippen LogP contribution in [0.5, 0.6) is 0 Å². The lowest BCUT2D eigenvalue weighted by Gasteiger charge is -2.27. The van der Waals surface area contributed by atoms with E-state index in [-0.39, 0.29) is 5.41 Å². The maximum Gasteiger partial charge on any atom is 0.0999 e. The maximum atomic E-state index is 5.67. The highest BCUT2D eigenvalue weighted by Crippen LogP contribution is 2.31. The summed E-state index contributed by atoms with van der Waals surface area (Å²) in [5.74, 6) is 1.85. The van der Waals surface area contributed by atoms with E-state index >= 15 is 0 Å². The fraction of sp³-hybridized carbons (Fsp3) is 0.600. The predicted molar refractivity (Wildman–Crippen MR) is 52.0 cm³/mol. The van der Waals surface area contributed by atoms with E-state index < -0.39 is 0 Å². The van der Waals surface area contributed by atoms with Crippen molar-refractivity contribution in [2.45, 2.75) is 13.3 Å². The zero-order chi connectivity index (χ0) is 9.90. The molecule has 1 aliphatic rings. The first-order chi connectivity index (χ1) is 6.13. The van der Waals surface area contributed by atoms with Gasteiger partial charge in [-0.3, -0.25) is 0 Å². The van der Waals surface area contributed by atoms with E-state index in [9.17, 15) is 0 Å². The van der Waals surface area contributed by atoms with Crippen molar-refractivity contribution in [2.24, 2.45) is 11.1 Å². The molecule has 0 aromatic carbocycles. The van der Waals surface area contributed by atoms with Crippen molar-refractivity contribution in [2.75, 3.05) is 20.8 Å². The van der Waals surface area contributed by atoms with Crippen LogP contribution in [0.4, 0.5) is 0 Å². The second-order valence-corrected chi connectivity index (χ2v) is 3.52. The van der Waals surface area contributed by atoms with Crippen LogP contribution in [0.15, 0.2) is 23.7 Å². The number of methoxy groups -OCH3 is 2. The lowest BCUT2D eigenvalue weighted by Crippen LogP contribution is -2.26. The molecule has 0 amide bonds. The Bertz CT molecular complexity index is 223. The lowest BCUT2D eigenvalue weighted by atomic mass is 9.85. The fourth-order valence-electron chi connectivity index (χ4n) is 1.43. The van der Waals surface area contributed by atoms with Gasteiger partial charge in [0.15, 0.2) is 0 Å². The standard InChI is InChI=1S/C10H17NO2/c1-10(7-11)5-8(12-2)4-9(6-10)13-3/h5-6H,4,7,11H2,1-3H3. The van der Waals surface area contributed by atoms with Gasteiger partial charge in [-0.1, -0.05) is 6.92 Å².